The quantitative estimate of drug-likeness (QED) is 0.595. The molecule has 1 aliphatic rings. The summed E-state index contributed by atoms with van der Waals surface area (Å²) >= 11 is 0. The Kier molecular flexibility index (Phi) is 3.78. The van der Waals surface area contributed by atoms with E-state index in [9.17, 15) is 9.90 Å². The van der Waals surface area contributed by atoms with E-state index in [0.29, 0.717) is 0 Å². The van der Waals surface area contributed by atoms with Gasteiger partial charge in [0.1, 0.15) is 6.10 Å². The maximum atomic E-state index is 10.1. The number of aliphatic hydroxyl groups excluding tert-OH is 1. The number of aliphatic carboxylic acids is 1. The van der Waals surface area contributed by atoms with E-state index in [4.69, 9.17) is 5.11 Å². The topological polar surface area (TPSA) is 57.5 Å². The van der Waals surface area contributed by atoms with Gasteiger partial charge in [0, 0.05) is 5.92 Å². The maximum Gasteiger partial charge on any atom is 0.381 e. The van der Waals surface area contributed by atoms with E-state index in [1.807, 2.05) is 5.92 Å². The number of carboxylic acid groups (broad SMARTS) is 1. The molecule has 3 nitrogen and oxygen atoms in total. The van der Waals surface area contributed by atoms with Gasteiger partial charge in [0.05, 0.1) is 0 Å². The molecule has 0 radical (unpaired) electrons. The number of hydrogen-bond donors (Lipinski definition) is 2. The Bertz CT molecular complexity index is 230. The van der Waals surface area contributed by atoms with Gasteiger partial charge in [-0.3, -0.25) is 0 Å². The molecule has 0 bridgehead atoms. The first-order chi connectivity index (χ1) is 6.20. The summed E-state index contributed by atoms with van der Waals surface area (Å²) in [5.41, 5.74) is 0. The molecule has 2 N–H and O–H groups in total. The van der Waals surface area contributed by atoms with Crippen molar-refractivity contribution >= 4 is 5.97 Å². The highest BCUT2D eigenvalue weighted by molar-refractivity contribution is 5.86. The molecule has 1 fully saturated rings. The first-order valence-corrected chi connectivity index (χ1v) is 4.62. The molecule has 0 aromatic rings. The summed E-state index contributed by atoms with van der Waals surface area (Å²) in [4.78, 5) is 10.1. The van der Waals surface area contributed by atoms with Crippen LogP contribution < -0.4 is 0 Å². The van der Waals surface area contributed by atoms with E-state index in [2.05, 4.69) is 5.92 Å². The molecule has 0 aromatic carbocycles. The van der Waals surface area contributed by atoms with Gasteiger partial charge in [0.25, 0.3) is 0 Å². The summed E-state index contributed by atoms with van der Waals surface area (Å²) in [5, 5.41) is 17.8. The predicted molar refractivity (Wildman–Crippen MR) is 48.0 cm³/mol. The van der Waals surface area contributed by atoms with Crippen LogP contribution in [-0.2, 0) is 4.79 Å². The van der Waals surface area contributed by atoms with Crippen molar-refractivity contribution in [1.29, 1.82) is 0 Å². The van der Waals surface area contributed by atoms with Crippen LogP contribution in [0.4, 0.5) is 0 Å². The van der Waals surface area contributed by atoms with Crippen LogP contribution in [0.2, 0.25) is 0 Å². The zero-order valence-corrected chi connectivity index (χ0v) is 7.49. The molecule has 13 heavy (non-hydrogen) atoms. The zero-order chi connectivity index (χ0) is 9.68. The second kappa shape index (κ2) is 4.88. The van der Waals surface area contributed by atoms with Crippen molar-refractivity contribution < 1.29 is 15.0 Å². The fourth-order valence-electron chi connectivity index (χ4n) is 1.70. The fourth-order valence-corrected chi connectivity index (χ4v) is 1.70. The van der Waals surface area contributed by atoms with Crippen molar-refractivity contribution in [3.63, 3.8) is 0 Å². The molecule has 0 amide bonds. The molecule has 72 valence electrons. The SMILES string of the molecule is O=C(O)C#CC(O)C1CCCCC1. The molecule has 0 aromatic heterocycles. The number of carboxylic acids is 1. The minimum Gasteiger partial charge on any atom is -0.472 e. The lowest BCUT2D eigenvalue weighted by molar-refractivity contribution is -0.130. The molecule has 0 spiro atoms. The van der Waals surface area contributed by atoms with E-state index < -0.39 is 12.1 Å². The lowest BCUT2D eigenvalue weighted by Crippen LogP contribution is -2.21. The van der Waals surface area contributed by atoms with Crippen LogP contribution in [0, 0.1) is 17.8 Å². The van der Waals surface area contributed by atoms with Crippen LogP contribution in [-0.4, -0.2) is 22.3 Å². The summed E-state index contributed by atoms with van der Waals surface area (Å²) in [6.07, 6.45) is 4.64. The van der Waals surface area contributed by atoms with Gasteiger partial charge in [-0.25, -0.2) is 4.79 Å². The number of rotatable bonds is 1. The molecule has 0 heterocycles. The molecule has 1 atom stereocenters. The Balaban J connectivity index is 2.42. The second-order valence-electron chi connectivity index (χ2n) is 3.42. The standard InChI is InChI=1S/C10H14O3/c11-9(6-7-10(12)13)8-4-2-1-3-5-8/h8-9,11H,1-5H2,(H,12,13). The summed E-state index contributed by atoms with van der Waals surface area (Å²) < 4.78 is 0. The van der Waals surface area contributed by atoms with Crippen LogP contribution in [0.15, 0.2) is 0 Å². The third-order valence-electron chi connectivity index (χ3n) is 2.42. The van der Waals surface area contributed by atoms with E-state index in [0.717, 1.165) is 25.7 Å². The smallest absolute Gasteiger partial charge is 0.381 e. The van der Waals surface area contributed by atoms with Gasteiger partial charge >= 0.3 is 5.97 Å². The van der Waals surface area contributed by atoms with E-state index in [1.165, 1.54) is 6.42 Å². The van der Waals surface area contributed by atoms with E-state index in [1.54, 1.807) is 0 Å². The van der Waals surface area contributed by atoms with Gasteiger partial charge < -0.3 is 10.2 Å². The average Bonchev–Trinajstić information content (AvgIpc) is 2.15. The summed E-state index contributed by atoms with van der Waals surface area (Å²) in [6, 6.07) is 0. The maximum absolute atomic E-state index is 10.1. The molecule has 1 unspecified atom stereocenters. The zero-order valence-electron chi connectivity index (χ0n) is 7.49. The summed E-state index contributed by atoms with van der Waals surface area (Å²) in [7, 11) is 0. The van der Waals surface area contributed by atoms with Crippen LogP contribution in [0.3, 0.4) is 0 Å². The van der Waals surface area contributed by atoms with Crippen molar-refractivity contribution in [2.24, 2.45) is 5.92 Å². The molecular formula is C10H14O3. The van der Waals surface area contributed by atoms with Crippen molar-refractivity contribution in [2.45, 2.75) is 38.2 Å². The Morgan fingerprint density at radius 1 is 1.31 bits per heavy atom. The van der Waals surface area contributed by atoms with Gasteiger partial charge in [0.15, 0.2) is 0 Å². The lowest BCUT2D eigenvalue weighted by atomic mass is 9.85. The summed E-state index contributed by atoms with van der Waals surface area (Å²) in [6.45, 7) is 0. The highest BCUT2D eigenvalue weighted by atomic mass is 16.4. The average molecular weight is 182 g/mol. The van der Waals surface area contributed by atoms with Crippen LogP contribution in [0.5, 0.6) is 0 Å². The van der Waals surface area contributed by atoms with Crippen molar-refractivity contribution in [3.8, 4) is 11.8 Å². The largest absolute Gasteiger partial charge is 0.472 e. The van der Waals surface area contributed by atoms with E-state index >= 15 is 0 Å². The molecule has 3 heteroatoms. The Labute approximate surface area is 77.8 Å². The van der Waals surface area contributed by atoms with Gasteiger partial charge in [-0.05, 0) is 18.8 Å². The normalized spacial score (nSPS) is 20.1. The Morgan fingerprint density at radius 3 is 2.46 bits per heavy atom. The van der Waals surface area contributed by atoms with Crippen LogP contribution in [0.1, 0.15) is 32.1 Å². The Hall–Kier alpha value is -1.01. The van der Waals surface area contributed by atoms with Gasteiger partial charge in [0.2, 0.25) is 0 Å². The summed E-state index contributed by atoms with van der Waals surface area (Å²) in [5.74, 6) is 3.33. The first kappa shape index (κ1) is 10.1. The highest BCUT2D eigenvalue weighted by Gasteiger charge is 2.19. The van der Waals surface area contributed by atoms with Crippen molar-refractivity contribution in [1.82, 2.24) is 0 Å². The van der Waals surface area contributed by atoms with Gasteiger partial charge in [-0.2, -0.15) is 0 Å². The van der Waals surface area contributed by atoms with Crippen LogP contribution >= 0.6 is 0 Å². The highest BCUT2D eigenvalue weighted by Crippen LogP contribution is 2.25. The lowest BCUT2D eigenvalue weighted by Gasteiger charge is -2.22. The van der Waals surface area contributed by atoms with Crippen LogP contribution in [0.25, 0.3) is 0 Å². The monoisotopic (exact) mass is 182 g/mol. The van der Waals surface area contributed by atoms with E-state index in [-0.39, 0.29) is 5.92 Å². The molecule has 0 aliphatic heterocycles. The first-order valence-electron chi connectivity index (χ1n) is 4.62. The Morgan fingerprint density at radius 2 is 1.92 bits per heavy atom. The van der Waals surface area contributed by atoms with Crippen molar-refractivity contribution in [3.05, 3.63) is 0 Å². The molecular weight excluding hydrogens is 168 g/mol. The molecule has 1 saturated carbocycles. The second-order valence-corrected chi connectivity index (χ2v) is 3.42. The third kappa shape index (κ3) is 3.47. The third-order valence-corrected chi connectivity index (χ3v) is 2.42. The predicted octanol–water partition coefficient (Wildman–Crippen LogP) is 1.02. The molecule has 1 rings (SSSR count). The van der Waals surface area contributed by atoms with Gasteiger partial charge in [-0.15, -0.1) is 0 Å². The molecule has 1 aliphatic carbocycles. The van der Waals surface area contributed by atoms with Gasteiger partial charge in [-0.1, -0.05) is 25.2 Å². The van der Waals surface area contributed by atoms with Crippen molar-refractivity contribution in [2.75, 3.05) is 0 Å². The minimum atomic E-state index is -1.17. The number of aliphatic hydroxyl groups is 1. The fraction of sp³-hybridized carbons (Fsp3) is 0.700. The minimum absolute atomic E-state index is 0.181. The molecule has 0 saturated heterocycles. The number of hydrogen-bond acceptors (Lipinski definition) is 2. The number of carbonyl (C=O) groups is 1.